The zero-order chi connectivity index (χ0) is 13.7. The first-order valence-corrected chi connectivity index (χ1v) is 6.36. The van der Waals surface area contributed by atoms with Gasteiger partial charge in [-0.15, -0.1) is 0 Å². The van der Waals surface area contributed by atoms with Crippen molar-refractivity contribution in [2.45, 2.75) is 20.3 Å². The molecular formula is C14H19N3O2. The molecule has 1 aromatic heterocycles. The van der Waals surface area contributed by atoms with Gasteiger partial charge in [-0.05, 0) is 23.6 Å². The average Bonchev–Trinajstić information content (AvgIpc) is 2.84. The van der Waals surface area contributed by atoms with Crippen LogP contribution in [0.25, 0.3) is 0 Å². The highest BCUT2D eigenvalue weighted by Crippen LogP contribution is 2.15. The Morgan fingerprint density at radius 2 is 2.21 bits per heavy atom. The predicted molar refractivity (Wildman–Crippen MR) is 73.4 cm³/mol. The Morgan fingerprint density at radius 1 is 1.37 bits per heavy atom. The van der Waals surface area contributed by atoms with Crippen molar-refractivity contribution in [3.63, 3.8) is 0 Å². The van der Waals surface area contributed by atoms with Gasteiger partial charge in [0.05, 0.1) is 7.11 Å². The Morgan fingerprint density at radius 3 is 2.95 bits per heavy atom. The van der Waals surface area contributed by atoms with Crippen LogP contribution in [-0.4, -0.2) is 23.8 Å². The number of anilines is 1. The van der Waals surface area contributed by atoms with Gasteiger partial charge in [-0.2, -0.15) is 4.98 Å². The number of nitrogens with one attached hydrogen (secondary N) is 1. The zero-order valence-corrected chi connectivity index (χ0v) is 11.5. The number of aromatic nitrogens is 2. The van der Waals surface area contributed by atoms with Gasteiger partial charge in [-0.3, -0.25) is 0 Å². The molecule has 0 aliphatic rings. The van der Waals surface area contributed by atoms with Gasteiger partial charge >= 0.3 is 6.01 Å². The van der Waals surface area contributed by atoms with Gasteiger partial charge < -0.3 is 14.6 Å². The Labute approximate surface area is 113 Å². The number of hydrogen-bond donors (Lipinski definition) is 1. The Balaban J connectivity index is 1.99. The standard InChI is InChI=1S/C14H19N3O2/c1-10(2)9-15-14-16-13(17-19-14)8-11-5-4-6-12(7-11)18-3/h4-7,10H,8-9H2,1-3H3,(H,15,16,17). The van der Waals surface area contributed by atoms with E-state index in [4.69, 9.17) is 9.26 Å². The second kappa shape index (κ2) is 6.22. The lowest BCUT2D eigenvalue weighted by molar-refractivity contribution is 0.413. The highest BCUT2D eigenvalue weighted by atomic mass is 16.5. The van der Waals surface area contributed by atoms with Gasteiger partial charge in [0.15, 0.2) is 5.82 Å². The number of benzene rings is 1. The molecule has 1 heterocycles. The molecule has 0 bridgehead atoms. The van der Waals surface area contributed by atoms with Gasteiger partial charge in [0.25, 0.3) is 0 Å². The summed E-state index contributed by atoms with van der Waals surface area (Å²) < 4.78 is 10.3. The number of ether oxygens (including phenoxy) is 1. The van der Waals surface area contributed by atoms with Crippen molar-refractivity contribution in [3.05, 3.63) is 35.7 Å². The molecule has 0 saturated heterocycles. The van der Waals surface area contributed by atoms with Crippen molar-refractivity contribution in [1.29, 1.82) is 0 Å². The van der Waals surface area contributed by atoms with Crippen LogP contribution in [0.15, 0.2) is 28.8 Å². The molecule has 5 nitrogen and oxygen atoms in total. The normalized spacial score (nSPS) is 10.7. The number of methoxy groups -OCH3 is 1. The fourth-order valence-electron chi connectivity index (χ4n) is 1.65. The van der Waals surface area contributed by atoms with Gasteiger partial charge in [-0.25, -0.2) is 0 Å². The molecule has 1 N–H and O–H groups in total. The molecule has 0 saturated carbocycles. The molecule has 0 unspecified atom stereocenters. The van der Waals surface area contributed by atoms with E-state index in [1.54, 1.807) is 7.11 Å². The monoisotopic (exact) mass is 261 g/mol. The van der Waals surface area contributed by atoms with Crippen molar-refractivity contribution in [1.82, 2.24) is 10.1 Å². The van der Waals surface area contributed by atoms with Crippen molar-refractivity contribution in [3.8, 4) is 5.75 Å². The zero-order valence-electron chi connectivity index (χ0n) is 11.5. The number of hydrogen-bond acceptors (Lipinski definition) is 5. The summed E-state index contributed by atoms with van der Waals surface area (Å²) >= 11 is 0. The molecule has 2 rings (SSSR count). The average molecular weight is 261 g/mol. The molecule has 0 amide bonds. The predicted octanol–water partition coefficient (Wildman–Crippen LogP) is 2.74. The Hall–Kier alpha value is -2.04. The second-order valence-electron chi connectivity index (χ2n) is 4.82. The maximum atomic E-state index is 5.19. The minimum absolute atomic E-state index is 0.478. The molecule has 19 heavy (non-hydrogen) atoms. The molecule has 0 fully saturated rings. The van der Waals surface area contributed by atoms with E-state index in [9.17, 15) is 0 Å². The van der Waals surface area contributed by atoms with Crippen LogP contribution in [-0.2, 0) is 6.42 Å². The molecule has 1 aromatic carbocycles. The van der Waals surface area contributed by atoms with E-state index in [1.807, 2.05) is 24.3 Å². The molecule has 102 valence electrons. The summed E-state index contributed by atoms with van der Waals surface area (Å²) in [6.45, 7) is 5.07. The lowest BCUT2D eigenvalue weighted by Crippen LogP contribution is -2.08. The van der Waals surface area contributed by atoms with Crippen LogP contribution in [0, 0.1) is 5.92 Å². The largest absolute Gasteiger partial charge is 0.497 e. The van der Waals surface area contributed by atoms with Crippen molar-refractivity contribution in [2.75, 3.05) is 19.0 Å². The van der Waals surface area contributed by atoms with Crippen LogP contribution >= 0.6 is 0 Å². The third kappa shape index (κ3) is 3.98. The maximum absolute atomic E-state index is 5.19. The van der Waals surface area contributed by atoms with Crippen molar-refractivity contribution >= 4 is 6.01 Å². The summed E-state index contributed by atoms with van der Waals surface area (Å²) in [6, 6.07) is 8.32. The Bertz CT molecular complexity index is 523. The van der Waals surface area contributed by atoms with Crippen LogP contribution in [0.4, 0.5) is 6.01 Å². The van der Waals surface area contributed by atoms with E-state index in [0.717, 1.165) is 17.9 Å². The minimum atomic E-state index is 0.478. The highest BCUT2D eigenvalue weighted by Gasteiger charge is 2.07. The number of nitrogens with zero attached hydrogens (tertiary/aromatic N) is 2. The first-order valence-electron chi connectivity index (χ1n) is 6.36. The van der Waals surface area contributed by atoms with E-state index < -0.39 is 0 Å². The molecular weight excluding hydrogens is 242 g/mol. The second-order valence-corrected chi connectivity index (χ2v) is 4.82. The third-order valence-electron chi connectivity index (χ3n) is 2.63. The Kier molecular flexibility index (Phi) is 4.39. The summed E-state index contributed by atoms with van der Waals surface area (Å²) in [5, 5.41) is 7.06. The lowest BCUT2D eigenvalue weighted by Gasteiger charge is -2.02. The van der Waals surface area contributed by atoms with Crippen molar-refractivity contribution < 1.29 is 9.26 Å². The van der Waals surface area contributed by atoms with Gasteiger partial charge in [0.2, 0.25) is 0 Å². The summed E-state index contributed by atoms with van der Waals surface area (Å²) in [7, 11) is 1.65. The van der Waals surface area contributed by atoms with Crippen molar-refractivity contribution in [2.24, 2.45) is 5.92 Å². The molecule has 0 aliphatic heterocycles. The SMILES string of the molecule is COc1cccc(Cc2noc(NCC(C)C)n2)c1. The van der Waals surface area contributed by atoms with Gasteiger partial charge in [0.1, 0.15) is 5.75 Å². The molecule has 0 atom stereocenters. The minimum Gasteiger partial charge on any atom is -0.497 e. The van der Waals surface area contributed by atoms with E-state index >= 15 is 0 Å². The van der Waals surface area contributed by atoms with E-state index in [0.29, 0.717) is 24.2 Å². The van der Waals surface area contributed by atoms with Gasteiger partial charge in [0, 0.05) is 13.0 Å². The molecule has 5 heteroatoms. The van der Waals surface area contributed by atoms with Crippen LogP contribution in [0.3, 0.4) is 0 Å². The number of rotatable bonds is 6. The van der Waals surface area contributed by atoms with Gasteiger partial charge in [-0.1, -0.05) is 31.1 Å². The summed E-state index contributed by atoms with van der Waals surface area (Å²) in [6.07, 6.45) is 0.629. The quantitative estimate of drug-likeness (QED) is 0.866. The van der Waals surface area contributed by atoms with E-state index in [1.165, 1.54) is 0 Å². The van der Waals surface area contributed by atoms with Crippen LogP contribution in [0.2, 0.25) is 0 Å². The maximum Gasteiger partial charge on any atom is 0.321 e. The smallest absolute Gasteiger partial charge is 0.321 e. The molecule has 0 aliphatic carbocycles. The molecule has 0 radical (unpaired) electrons. The van der Waals surface area contributed by atoms with E-state index in [-0.39, 0.29) is 0 Å². The van der Waals surface area contributed by atoms with Crippen LogP contribution < -0.4 is 10.1 Å². The van der Waals surface area contributed by atoms with E-state index in [2.05, 4.69) is 29.3 Å². The fourth-order valence-corrected chi connectivity index (χ4v) is 1.65. The topological polar surface area (TPSA) is 60.2 Å². The van der Waals surface area contributed by atoms with Crippen LogP contribution in [0.1, 0.15) is 25.2 Å². The summed E-state index contributed by atoms with van der Waals surface area (Å²) in [5.74, 6) is 2.03. The first-order chi connectivity index (χ1) is 9.17. The fraction of sp³-hybridized carbons (Fsp3) is 0.429. The first kappa shape index (κ1) is 13.4. The lowest BCUT2D eigenvalue weighted by atomic mass is 10.1. The summed E-state index contributed by atoms with van der Waals surface area (Å²) in [5.41, 5.74) is 1.09. The molecule has 0 spiro atoms. The summed E-state index contributed by atoms with van der Waals surface area (Å²) in [4.78, 5) is 4.30. The highest BCUT2D eigenvalue weighted by molar-refractivity contribution is 5.30. The van der Waals surface area contributed by atoms with Crippen LogP contribution in [0.5, 0.6) is 5.75 Å². The molecule has 2 aromatic rings. The third-order valence-corrected chi connectivity index (χ3v) is 2.63.